The number of anilines is 1. The van der Waals surface area contributed by atoms with Gasteiger partial charge in [0.2, 0.25) is 10.0 Å². The van der Waals surface area contributed by atoms with E-state index in [1.165, 1.54) is 17.4 Å². The van der Waals surface area contributed by atoms with E-state index in [9.17, 15) is 8.42 Å². The molecule has 2 aromatic rings. The second-order valence-electron chi connectivity index (χ2n) is 4.21. The number of aryl methyl sites for hydroxylation is 2. The van der Waals surface area contributed by atoms with Crippen molar-refractivity contribution < 1.29 is 8.42 Å². The largest absolute Gasteiger partial charge is 0.399 e. The Labute approximate surface area is 116 Å². The summed E-state index contributed by atoms with van der Waals surface area (Å²) in [6.45, 7) is 3.85. The second-order valence-corrected chi connectivity index (χ2v) is 7.27. The maximum Gasteiger partial charge on any atom is 0.241 e. The highest BCUT2D eigenvalue weighted by atomic mass is 32.2. The van der Waals surface area contributed by atoms with Gasteiger partial charge in [-0.3, -0.25) is 0 Å². The number of nitrogen functional groups attached to an aromatic ring is 1. The predicted octanol–water partition coefficient (Wildman–Crippen LogP) is 1.82. The van der Waals surface area contributed by atoms with Gasteiger partial charge in [0, 0.05) is 16.8 Å². The van der Waals surface area contributed by atoms with E-state index < -0.39 is 10.0 Å². The molecule has 0 spiro atoms. The number of nitrogens with zero attached hydrogens (tertiary/aromatic N) is 1. The molecule has 0 aliphatic heterocycles. The predicted molar refractivity (Wildman–Crippen MR) is 76.5 cm³/mol. The first-order chi connectivity index (χ1) is 8.88. The minimum absolute atomic E-state index is 0.199. The van der Waals surface area contributed by atoms with E-state index in [0.29, 0.717) is 11.3 Å². The van der Waals surface area contributed by atoms with Crippen molar-refractivity contribution in [3.63, 3.8) is 0 Å². The maximum atomic E-state index is 12.2. The van der Waals surface area contributed by atoms with Gasteiger partial charge in [-0.2, -0.15) is 0 Å². The monoisotopic (exact) mass is 297 g/mol. The van der Waals surface area contributed by atoms with E-state index in [0.717, 1.165) is 9.88 Å². The molecule has 0 amide bonds. The summed E-state index contributed by atoms with van der Waals surface area (Å²) in [5.74, 6) is 0. The van der Waals surface area contributed by atoms with Gasteiger partial charge in [-0.05, 0) is 37.6 Å². The fraction of sp³-hybridized carbons (Fsp3) is 0.250. The zero-order valence-corrected chi connectivity index (χ0v) is 12.3. The van der Waals surface area contributed by atoms with Crippen molar-refractivity contribution in [2.24, 2.45) is 0 Å². The van der Waals surface area contributed by atoms with Crippen molar-refractivity contribution in [2.75, 3.05) is 5.73 Å². The molecule has 0 bridgehead atoms. The van der Waals surface area contributed by atoms with Gasteiger partial charge in [0.25, 0.3) is 0 Å². The van der Waals surface area contributed by atoms with Crippen LogP contribution in [0.25, 0.3) is 0 Å². The molecule has 102 valence electrons. The minimum Gasteiger partial charge on any atom is -0.399 e. The molecule has 0 unspecified atom stereocenters. The Morgan fingerprint density at radius 3 is 2.68 bits per heavy atom. The summed E-state index contributed by atoms with van der Waals surface area (Å²) in [6.07, 6.45) is 1.72. The first kappa shape index (κ1) is 14.0. The smallest absolute Gasteiger partial charge is 0.241 e. The summed E-state index contributed by atoms with van der Waals surface area (Å²) in [4.78, 5) is 5.42. The number of aromatic nitrogens is 1. The number of thiazole rings is 1. The topological polar surface area (TPSA) is 85.1 Å². The SMILES string of the molecule is Cc1cnc(CNS(=O)(=O)c2ccc(N)cc2C)s1. The van der Waals surface area contributed by atoms with Crippen LogP contribution in [-0.2, 0) is 16.6 Å². The Kier molecular flexibility index (Phi) is 3.88. The van der Waals surface area contributed by atoms with Crippen molar-refractivity contribution in [2.45, 2.75) is 25.3 Å². The molecule has 0 atom stereocenters. The zero-order chi connectivity index (χ0) is 14.0. The molecule has 1 aromatic heterocycles. The van der Waals surface area contributed by atoms with Crippen LogP contribution in [0.3, 0.4) is 0 Å². The van der Waals surface area contributed by atoms with Gasteiger partial charge in [-0.15, -0.1) is 11.3 Å². The molecule has 2 rings (SSSR count). The Morgan fingerprint density at radius 2 is 2.11 bits per heavy atom. The second kappa shape index (κ2) is 5.28. The highest BCUT2D eigenvalue weighted by Gasteiger charge is 2.17. The molecule has 0 aliphatic rings. The minimum atomic E-state index is -3.54. The van der Waals surface area contributed by atoms with Crippen LogP contribution in [0, 0.1) is 13.8 Å². The van der Waals surface area contributed by atoms with Crippen LogP contribution in [0.2, 0.25) is 0 Å². The fourth-order valence-corrected chi connectivity index (χ4v) is 3.72. The lowest BCUT2D eigenvalue weighted by atomic mass is 10.2. The number of nitrogens with two attached hydrogens (primary N) is 1. The normalized spacial score (nSPS) is 11.7. The standard InChI is InChI=1S/C12H15N3O2S2/c1-8-5-10(13)3-4-11(8)19(16,17)15-7-12-14-6-9(2)18-12/h3-6,15H,7,13H2,1-2H3. The number of benzene rings is 1. The van der Waals surface area contributed by atoms with E-state index in [1.807, 2.05) is 6.92 Å². The van der Waals surface area contributed by atoms with Crippen molar-refractivity contribution in [1.29, 1.82) is 0 Å². The molecule has 3 N–H and O–H groups in total. The summed E-state index contributed by atoms with van der Waals surface area (Å²) in [5, 5.41) is 0.745. The van der Waals surface area contributed by atoms with E-state index in [1.54, 1.807) is 25.3 Å². The average Bonchev–Trinajstić information content (AvgIpc) is 2.72. The van der Waals surface area contributed by atoms with Crippen LogP contribution >= 0.6 is 11.3 Å². The molecule has 1 heterocycles. The van der Waals surface area contributed by atoms with E-state index in [-0.39, 0.29) is 11.4 Å². The fourth-order valence-electron chi connectivity index (χ4n) is 1.69. The molecule has 0 saturated carbocycles. The van der Waals surface area contributed by atoms with E-state index in [2.05, 4.69) is 9.71 Å². The number of rotatable bonds is 4. The quantitative estimate of drug-likeness (QED) is 0.843. The van der Waals surface area contributed by atoms with Crippen LogP contribution < -0.4 is 10.5 Å². The highest BCUT2D eigenvalue weighted by Crippen LogP contribution is 2.18. The number of hydrogen-bond donors (Lipinski definition) is 2. The maximum absolute atomic E-state index is 12.2. The van der Waals surface area contributed by atoms with Gasteiger partial charge in [0.15, 0.2) is 0 Å². The lowest BCUT2D eigenvalue weighted by Gasteiger charge is -2.08. The van der Waals surface area contributed by atoms with Crippen LogP contribution in [0.15, 0.2) is 29.3 Å². The van der Waals surface area contributed by atoms with E-state index in [4.69, 9.17) is 5.73 Å². The summed E-state index contributed by atoms with van der Waals surface area (Å²) < 4.78 is 26.9. The first-order valence-electron chi connectivity index (χ1n) is 5.65. The Hall–Kier alpha value is -1.44. The third kappa shape index (κ3) is 3.31. The Balaban J connectivity index is 2.18. The van der Waals surface area contributed by atoms with Crippen LogP contribution in [0.1, 0.15) is 15.4 Å². The van der Waals surface area contributed by atoms with Crippen molar-refractivity contribution in [3.05, 3.63) is 39.8 Å². The third-order valence-corrected chi connectivity index (χ3v) is 5.05. The molecule has 5 nitrogen and oxygen atoms in total. The van der Waals surface area contributed by atoms with Crippen LogP contribution in [0.5, 0.6) is 0 Å². The lowest BCUT2D eigenvalue weighted by molar-refractivity contribution is 0.580. The van der Waals surface area contributed by atoms with Gasteiger partial charge in [0.05, 0.1) is 11.4 Å². The van der Waals surface area contributed by atoms with Gasteiger partial charge >= 0.3 is 0 Å². The molecule has 7 heteroatoms. The summed E-state index contributed by atoms with van der Waals surface area (Å²) >= 11 is 1.47. The van der Waals surface area contributed by atoms with Gasteiger partial charge in [-0.25, -0.2) is 18.1 Å². The molecule has 0 radical (unpaired) electrons. The Bertz CT molecular complexity index is 693. The number of sulfonamides is 1. The van der Waals surface area contributed by atoms with Crippen LogP contribution in [0.4, 0.5) is 5.69 Å². The Morgan fingerprint density at radius 1 is 1.37 bits per heavy atom. The number of nitrogens with one attached hydrogen (secondary N) is 1. The van der Waals surface area contributed by atoms with E-state index >= 15 is 0 Å². The third-order valence-electron chi connectivity index (χ3n) is 2.57. The van der Waals surface area contributed by atoms with Gasteiger partial charge in [-0.1, -0.05) is 0 Å². The first-order valence-corrected chi connectivity index (χ1v) is 7.95. The summed E-state index contributed by atoms with van der Waals surface area (Å²) in [7, 11) is -3.54. The molecule has 1 aromatic carbocycles. The molecule has 0 fully saturated rings. The highest BCUT2D eigenvalue weighted by molar-refractivity contribution is 7.89. The van der Waals surface area contributed by atoms with Crippen molar-refractivity contribution in [1.82, 2.24) is 9.71 Å². The molecule has 19 heavy (non-hydrogen) atoms. The van der Waals surface area contributed by atoms with Gasteiger partial charge in [0.1, 0.15) is 5.01 Å². The lowest BCUT2D eigenvalue weighted by Crippen LogP contribution is -2.24. The zero-order valence-electron chi connectivity index (χ0n) is 10.7. The molecular weight excluding hydrogens is 282 g/mol. The van der Waals surface area contributed by atoms with Crippen molar-refractivity contribution in [3.8, 4) is 0 Å². The molecule has 0 saturated heterocycles. The number of hydrogen-bond acceptors (Lipinski definition) is 5. The van der Waals surface area contributed by atoms with Gasteiger partial charge < -0.3 is 5.73 Å². The molecule has 0 aliphatic carbocycles. The summed E-state index contributed by atoms with van der Waals surface area (Å²) in [5.41, 5.74) is 6.79. The van der Waals surface area contributed by atoms with Crippen molar-refractivity contribution >= 4 is 27.0 Å². The van der Waals surface area contributed by atoms with Crippen LogP contribution in [-0.4, -0.2) is 13.4 Å². The average molecular weight is 297 g/mol. The summed E-state index contributed by atoms with van der Waals surface area (Å²) in [6, 6.07) is 4.73. The molecular formula is C12H15N3O2S2.